The van der Waals surface area contributed by atoms with Crippen molar-refractivity contribution in [3.63, 3.8) is 0 Å². The zero-order valence-electron chi connectivity index (χ0n) is 9.05. The smallest absolute Gasteiger partial charge is 0.0186 e. The van der Waals surface area contributed by atoms with Crippen LogP contribution in [0.15, 0.2) is 0 Å². The second kappa shape index (κ2) is 5.89. The van der Waals surface area contributed by atoms with E-state index in [1.807, 2.05) is 0 Å². The maximum Gasteiger partial charge on any atom is 0.0186 e. The minimum Gasteiger partial charge on any atom is -0.312 e. The van der Waals surface area contributed by atoms with E-state index in [1.54, 1.807) is 0 Å². The summed E-state index contributed by atoms with van der Waals surface area (Å²) in [5.74, 6) is 2.68. The van der Waals surface area contributed by atoms with Gasteiger partial charge < -0.3 is 10.2 Å². The van der Waals surface area contributed by atoms with Gasteiger partial charge in [0.15, 0.2) is 0 Å². The van der Waals surface area contributed by atoms with Crippen molar-refractivity contribution < 1.29 is 0 Å². The highest BCUT2D eigenvalue weighted by atomic mass is 32.2. The molecule has 0 saturated carbocycles. The van der Waals surface area contributed by atoms with Crippen LogP contribution in [0, 0.1) is 0 Å². The summed E-state index contributed by atoms with van der Waals surface area (Å²) in [7, 11) is 4.28. The van der Waals surface area contributed by atoms with Crippen LogP contribution in [-0.4, -0.2) is 49.1 Å². The Morgan fingerprint density at radius 2 is 2.00 bits per heavy atom. The first kappa shape index (κ1) is 11.3. The van der Waals surface area contributed by atoms with Crippen molar-refractivity contribution in [2.75, 3.05) is 32.1 Å². The van der Waals surface area contributed by atoms with E-state index in [4.69, 9.17) is 0 Å². The molecule has 1 fully saturated rings. The van der Waals surface area contributed by atoms with E-state index in [-0.39, 0.29) is 0 Å². The van der Waals surface area contributed by atoms with Crippen LogP contribution in [0.25, 0.3) is 0 Å². The quantitative estimate of drug-likeness (QED) is 0.742. The first-order valence-corrected chi connectivity index (χ1v) is 6.33. The molecule has 1 N–H and O–H groups in total. The van der Waals surface area contributed by atoms with Crippen molar-refractivity contribution in [2.24, 2.45) is 0 Å². The summed E-state index contributed by atoms with van der Waals surface area (Å²) in [6.45, 7) is 3.40. The Labute approximate surface area is 86.5 Å². The average molecular weight is 202 g/mol. The predicted octanol–water partition coefficient (Wildman–Crippen LogP) is 1.42. The molecule has 0 aliphatic carbocycles. The molecule has 1 saturated heterocycles. The summed E-state index contributed by atoms with van der Waals surface area (Å²) in [5.41, 5.74) is 0. The number of nitrogens with one attached hydrogen (secondary N) is 1. The summed E-state index contributed by atoms with van der Waals surface area (Å²) in [6, 6.07) is 1.43. The lowest BCUT2D eigenvalue weighted by Gasteiger charge is -2.26. The van der Waals surface area contributed by atoms with Crippen LogP contribution < -0.4 is 5.32 Å². The predicted molar refractivity (Wildman–Crippen MR) is 61.5 cm³/mol. The summed E-state index contributed by atoms with van der Waals surface area (Å²) < 4.78 is 0. The molecule has 0 spiro atoms. The Bertz CT molecular complexity index is 133. The van der Waals surface area contributed by atoms with Gasteiger partial charge in [0.1, 0.15) is 0 Å². The minimum absolute atomic E-state index is 0.648. The Morgan fingerprint density at radius 3 is 2.54 bits per heavy atom. The first-order chi connectivity index (χ1) is 6.20. The van der Waals surface area contributed by atoms with Crippen molar-refractivity contribution in [1.29, 1.82) is 0 Å². The van der Waals surface area contributed by atoms with Crippen molar-refractivity contribution in [3.05, 3.63) is 0 Å². The fourth-order valence-corrected chi connectivity index (χ4v) is 2.53. The van der Waals surface area contributed by atoms with Crippen LogP contribution in [0.4, 0.5) is 0 Å². The van der Waals surface area contributed by atoms with E-state index in [0.29, 0.717) is 6.04 Å². The number of rotatable bonds is 4. The SMILES string of the molecule is CC(CNC1CCSCC1)N(C)C. The molecular weight excluding hydrogens is 180 g/mol. The van der Waals surface area contributed by atoms with Crippen LogP contribution in [0.5, 0.6) is 0 Å². The maximum absolute atomic E-state index is 3.65. The van der Waals surface area contributed by atoms with E-state index in [2.05, 4.69) is 43.0 Å². The van der Waals surface area contributed by atoms with Gasteiger partial charge >= 0.3 is 0 Å². The highest BCUT2D eigenvalue weighted by Gasteiger charge is 2.14. The van der Waals surface area contributed by atoms with Gasteiger partial charge in [-0.1, -0.05) is 0 Å². The Hall–Kier alpha value is 0.270. The topological polar surface area (TPSA) is 15.3 Å². The van der Waals surface area contributed by atoms with E-state index < -0.39 is 0 Å². The molecule has 1 rings (SSSR count). The van der Waals surface area contributed by atoms with Gasteiger partial charge in [0.25, 0.3) is 0 Å². The second-order valence-corrected chi connectivity index (χ2v) is 5.33. The summed E-state index contributed by atoms with van der Waals surface area (Å²) in [4.78, 5) is 2.27. The van der Waals surface area contributed by atoms with Gasteiger partial charge in [0.05, 0.1) is 0 Å². The molecule has 0 aromatic carbocycles. The normalized spacial score (nSPS) is 22.2. The third-order valence-corrected chi connectivity index (χ3v) is 3.85. The second-order valence-electron chi connectivity index (χ2n) is 4.11. The first-order valence-electron chi connectivity index (χ1n) is 5.17. The van der Waals surface area contributed by atoms with Gasteiger partial charge in [-0.3, -0.25) is 0 Å². The fraction of sp³-hybridized carbons (Fsp3) is 1.00. The Morgan fingerprint density at radius 1 is 1.38 bits per heavy atom. The van der Waals surface area contributed by atoms with Gasteiger partial charge in [-0.15, -0.1) is 0 Å². The van der Waals surface area contributed by atoms with Crippen LogP contribution in [0.3, 0.4) is 0 Å². The number of thioether (sulfide) groups is 1. The van der Waals surface area contributed by atoms with E-state index >= 15 is 0 Å². The lowest BCUT2D eigenvalue weighted by molar-refractivity contribution is 0.290. The third kappa shape index (κ3) is 4.34. The molecule has 1 atom stereocenters. The third-order valence-electron chi connectivity index (χ3n) is 2.80. The molecular formula is C10H22N2S. The highest BCUT2D eigenvalue weighted by molar-refractivity contribution is 7.99. The molecule has 0 amide bonds. The standard InChI is InChI=1S/C10H22N2S/c1-9(12(2)3)8-11-10-4-6-13-7-5-10/h9-11H,4-8H2,1-3H3. The zero-order chi connectivity index (χ0) is 9.68. The van der Waals surface area contributed by atoms with E-state index in [9.17, 15) is 0 Å². The molecule has 13 heavy (non-hydrogen) atoms. The average Bonchev–Trinajstić information content (AvgIpc) is 2.15. The monoisotopic (exact) mass is 202 g/mol. The molecule has 1 aliphatic heterocycles. The molecule has 1 aliphatic rings. The molecule has 1 unspecified atom stereocenters. The molecule has 0 bridgehead atoms. The fourth-order valence-electron chi connectivity index (χ4n) is 1.42. The largest absolute Gasteiger partial charge is 0.312 e. The highest BCUT2D eigenvalue weighted by Crippen LogP contribution is 2.16. The number of likely N-dealkylation sites (N-methyl/N-ethyl adjacent to an activating group) is 1. The van der Waals surface area contributed by atoms with Crippen LogP contribution in [0.1, 0.15) is 19.8 Å². The Balaban J connectivity index is 2.10. The van der Waals surface area contributed by atoms with Crippen molar-refractivity contribution >= 4 is 11.8 Å². The van der Waals surface area contributed by atoms with Crippen molar-refractivity contribution in [3.8, 4) is 0 Å². The van der Waals surface area contributed by atoms with Crippen molar-refractivity contribution in [1.82, 2.24) is 10.2 Å². The summed E-state index contributed by atoms with van der Waals surface area (Å²) >= 11 is 2.09. The van der Waals surface area contributed by atoms with Gasteiger partial charge in [0, 0.05) is 18.6 Å². The molecule has 0 aromatic heterocycles. The molecule has 1 heterocycles. The Kier molecular flexibility index (Phi) is 5.14. The van der Waals surface area contributed by atoms with Crippen LogP contribution in [-0.2, 0) is 0 Å². The lowest BCUT2D eigenvalue weighted by atomic mass is 10.1. The molecule has 2 nitrogen and oxygen atoms in total. The number of hydrogen-bond donors (Lipinski definition) is 1. The minimum atomic E-state index is 0.648. The molecule has 0 aromatic rings. The van der Waals surface area contributed by atoms with E-state index in [0.717, 1.165) is 12.6 Å². The zero-order valence-corrected chi connectivity index (χ0v) is 9.86. The molecule has 3 heteroatoms. The van der Waals surface area contributed by atoms with Crippen LogP contribution >= 0.6 is 11.8 Å². The van der Waals surface area contributed by atoms with Gasteiger partial charge in [-0.05, 0) is 45.4 Å². The van der Waals surface area contributed by atoms with Gasteiger partial charge in [0.2, 0.25) is 0 Å². The van der Waals surface area contributed by atoms with Crippen LogP contribution in [0.2, 0.25) is 0 Å². The number of nitrogens with zero attached hydrogens (tertiary/aromatic N) is 1. The summed E-state index contributed by atoms with van der Waals surface area (Å²) in [5, 5.41) is 3.65. The molecule has 78 valence electrons. The van der Waals surface area contributed by atoms with Crippen molar-refractivity contribution in [2.45, 2.75) is 31.8 Å². The summed E-state index contributed by atoms with van der Waals surface area (Å²) in [6.07, 6.45) is 2.70. The van der Waals surface area contributed by atoms with Gasteiger partial charge in [-0.25, -0.2) is 0 Å². The van der Waals surface area contributed by atoms with E-state index in [1.165, 1.54) is 24.3 Å². The lowest BCUT2D eigenvalue weighted by Crippen LogP contribution is -2.41. The van der Waals surface area contributed by atoms with Gasteiger partial charge in [-0.2, -0.15) is 11.8 Å². The number of hydrogen-bond acceptors (Lipinski definition) is 3. The molecule has 0 radical (unpaired) electrons. The maximum atomic E-state index is 3.65.